The third-order valence-corrected chi connectivity index (χ3v) is 3.40. The van der Waals surface area contributed by atoms with Crippen molar-refractivity contribution in [2.45, 2.75) is 38.8 Å². The van der Waals surface area contributed by atoms with Crippen molar-refractivity contribution in [2.24, 2.45) is 5.73 Å². The first-order valence-corrected chi connectivity index (χ1v) is 7.84. The molecule has 0 aromatic heterocycles. The van der Waals surface area contributed by atoms with Crippen molar-refractivity contribution in [2.75, 3.05) is 13.1 Å². The first kappa shape index (κ1) is 22.3. The van der Waals surface area contributed by atoms with Crippen LogP contribution in [0.2, 0.25) is 0 Å². The molecule has 25 heavy (non-hydrogen) atoms. The minimum Gasteiger partial charge on any atom is -0.480 e. The number of amides is 3. The zero-order valence-corrected chi connectivity index (χ0v) is 14.6. The van der Waals surface area contributed by atoms with Gasteiger partial charge in [0.25, 0.3) is 0 Å². The second-order valence-electron chi connectivity index (χ2n) is 5.34. The minimum absolute atomic E-state index is 0.172. The summed E-state index contributed by atoms with van der Waals surface area (Å²) in [6, 6.07) is -2.50. The van der Waals surface area contributed by atoms with E-state index in [-0.39, 0.29) is 13.1 Å². The van der Waals surface area contributed by atoms with E-state index in [4.69, 9.17) is 10.8 Å². The molecule has 0 bridgehead atoms. The summed E-state index contributed by atoms with van der Waals surface area (Å²) in [5, 5.41) is 16.2. The first-order chi connectivity index (χ1) is 11.6. The van der Waals surface area contributed by atoms with Crippen LogP contribution in [0.5, 0.6) is 0 Å². The third-order valence-electron chi connectivity index (χ3n) is 3.40. The molecule has 3 amide bonds. The second kappa shape index (κ2) is 11.0. The Morgan fingerprint density at radius 1 is 0.960 bits per heavy atom. The van der Waals surface area contributed by atoms with E-state index in [0.717, 1.165) is 0 Å². The maximum atomic E-state index is 11.9. The van der Waals surface area contributed by atoms with Crippen molar-refractivity contribution in [3.05, 3.63) is 24.3 Å². The number of carbonyl (C=O) groups is 4. The summed E-state index contributed by atoms with van der Waals surface area (Å²) in [5.74, 6) is -3.01. The molecule has 0 radical (unpaired) electrons. The number of carbonyl (C=O) groups excluding carboxylic acids is 3. The lowest BCUT2D eigenvalue weighted by Crippen LogP contribution is -2.55. The highest BCUT2D eigenvalue weighted by atomic mass is 16.4. The molecule has 0 aromatic carbocycles. The Balaban J connectivity index is 4.55. The summed E-state index contributed by atoms with van der Waals surface area (Å²) in [4.78, 5) is 46.3. The molecule has 0 saturated heterocycles. The van der Waals surface area contributed by atoms with Gasteiger partial charge in [-0.1, -0.05) is 27.0 Å². The average molecular weight is 354 g/mol. The van der Waals surface area contributed by atoms with Crippen LogP contribution in [-0.4, -0.2) is 54.0 Å². The van der Waals surface area contributed by atoms with E-state index in [1.54, 1.807) is 13.8 Å². The zero-order valence-electron chi connectivity index (χ0n) is 14.6. The van der Waals surface area contributed by atoms with Crippen molar-refractivity contribution in [3.63, 3.8) is 0 Å². The molecule has 2 atom stereocenters. The molecule has 0 rings (SSSR count). The lowest BCUT2D eigenvalue weighted by Gasteiger charge is -2.19. The van der Waals surface area contributed by atoms with Crippen molar-refractivity contribution in [1.29, 1.82) is 0 Å². The van der Waals surface area contributed by atoms with Gasteiger partial charge < -0.3 is 26.8 Å². The van der Waals surface area contributed by atoms with Crippen molar-refractivity contribution in [3.8, 4) is 0 Å². The molecule has 0 heterocycles. The highest BCUT2D eigenvalue weighted by Gasteiger charge is 2.24. The number of nitrogens with two attached hydrogens (primary N) is 1. The largest absolute Gasteiger partial charge is 0.480 e. The van der Waals surface area contributed by atoms with Gasteiger partial charge in [-0.05, 0) is 12.8 Å². The lowest BCUT2D eigenvalue weighted by atomic mass is 10.2. The Kier molecular flexibility index (Phi) is 9.80. The lowest BCUT2D eigenvalue weighted by molar-refractivity contribution is -0.142. The molecule has 6 N–H and O–H groups in total. The Hall–Kier alpha value is -2.68. The highest BCUT2D eigenvalue weighted by Crippen LogP contribution is 1.97. The second-order valence-corrected chi connectivity index (χ2v) is 5.34. The van der Waals surface area contributed by atoms with Crippen LogP contribution in [0.3, 0.4) is 0 Å². The standard InChI is InChI=1S/C16H26N4O5/c1-5-9(3)13(21)18-7-11(17)15(23)20-12(16(24)25)8-19-14(22)10(4)6-2/h11-12H,3-8,17H2,1-2H3,(H,18,21)(H,19,22)(H,20,23)(H,24,25)/t11-,12-/m0/s1. The molecule has 140 valence electrons. The number of aliphatic carboxylic acids is 1. The van der Waals surface area contributed by atoms with Gasteiger partial charge in [-0.3, -0.25) is 14.4 Å². The fraction of sp³-hybridized carbons (Fsp3) is 0.500. The molecule has 0 spiro atoms. The number of hydrogen-bond donors (Lipinski definition) is 5. The Labute approximate surface area is 146 Å². The molecular formula is C16H26N4O5. The monoisotopic (exact) mass is 354 g/mol. The molecule has 0 aliphatic heterocycles. The van der Waals surface area contributed by atoms with Crippen LogP contribution in [0.25, 0.3) is 0 Å². The van der Waals surface area contributed by atoms with Gasteiger partial charge in [0.1, 0.15) is 12.1 Å². The summed E-state index contributed by atoms with van der Waals surface area (Å²) >= 11 is 0. The quantitative estimate of drug-likeness (QED) is 0.302. The summed E-state index contributed by atoms with van der Waals surface area (Å²) < 4.78 is 0. The summed E-state index contributed by atoms with van der Waals surface area (Å²) in [6.07, 6.45) is 0.876. The molecule has 0 fully saturated rings. The smallest absolute Gasteiger partial charge is 0.328 e. The number of hydrogen-bond acceptors (Lipinski definition) is 5. The maximum absolute atomic E-state index is 11.9. The van der Waals surface area contributed by atoms with Crippen LogP contribution in [0, 0.1) is 0 Å². The van der Waals surface area contributed by atoms with Gasteiger partial charge in [-0.25, -0.2) is 4.79 Å². The first-order valence-electron chi connectivity index (χ1n) is 7.84. The van der Waals surface area contributed by atoms with Gasteiger partial charge in [0.2, 0.25) is 17.7 Å². The third kappa shape index (κ3) is 8.11. The summed E-state index contributed by atoms with van der Waals surface area (Å²) in [6.45, 7) is 10.1. The fourth-order valence-corrected chi connectivity index (χ4v) is 1.54. The van der Waals surface area contributed by atoms with Gasteiger partial charge >= 0.3 is 5.97 Å². The maximum Gasteiger partial charge on any atom is 0.328 e. The molecule has 0 aliphatic carbocycles. The van der Waals surface area contributed by atoms with Gasteiger partial charge in [0, 0.05) is 24.2 Å². The predicted molar refractivity (Wildman–Crippen MR) is 92.4 cm³/mol. The van der Waals surface area contributed by atoms with E-state index in [1.807, 2.05) is 0 Å². The minimum atomic E-state index is -1.35. The van der Waals surface area contributed by atoms with Crippen LogP contribution in [0.1, 0.15) is 26.7 Å². The molecular weight excluding hydrogens is 328 g/mol. The number of rotatable bonds is 11. The van der Waals surface area contributed by atoms with Crippen LogP contribution >= 0.6 is 0 Å². The van der Waals surface area contributed by atoms with Crippen LogP contribution in [0.15, 0.2) is 24.3 Å². The summed E-state index contributed by atoms with van der Waals surface area (Å²) in [7, 11) is 0. The van der Waals surface area contributed by atoms with Crippen LogP contribution in [0.4, 0.5) is 0 Å². The Bertz CT molecular complexity index is 559. The molecule has 0 unspecified atom stereocenters. The molecule has 9 nitrogen and oxygen atoms in total. The van der Waals surface area contributed by atoms with Gasteiger partial charge in [0.15, 0.2) is 0 Å². The summed E-state index contributed by atoms with van der Waals surface area (Å²) in [5.41, 5.74) is 6.27. The molecule has 0 aromatic rings. The van der Waals surface area contributed by atoms with E-state index in [1.165, 1.54) is 0 Å². The SMILES string of the molecule is C=C(CC)C(=O)NC[C@H](NC(=O)[C@@H](N)CNC(=O)C(=C)CC)C(=O)O. The molecule has 0 aliphatic rings. The molecule has 9 heteroatoms. The zero-order chi connectivity index (χ0) is 19.6. The Morgan fingerprint density at radius 2 is 1.40 bits per heavy atom. The highest BCUT2D eigenvalue weighted by molar-refractivity contribution is 5.94. The van der Waals surface area contributed by atoms with Crippen molar-refractivity contribution < 1.29 is 24.3 Å². The van der Waals surface area contributed by atoms with Crippen molar-refractivity contribution >= 4 is 23.7 Å². The van der Waals surface area contributed by atoms with Crippen LogP contribution < -0.4 is 21.7 Å². The van der Waals surface area contributed by atoms with Crippen molar-refractivity contribution in [1.82, 2.24) is 16.0 Å². The molecule has 0 saturated carbocycles. The predicted octanol–water partition coefficient (Wildman–Crippen LogP) is -0.952. The van der Waals surface area contributed by atoms with Gasteiger partial charge in [-0.15, -0.1) is 0 Å². The van der Waals surface area contributed by atoms with E-state index >= 15 is 0 Å². The van der Waals surface area contributed by atoms with E-state index in [9.17, 15) is 19.2 Å². The number of carboxylic acid groups (broad SMARTS) is 1. The van der Waals surface area contributed by atoms with Gasteiger partial charge in [-0.2, -0.15) is 0 Å². The fourth-order valence-electron chi connectivity index (χ4n) is 1.54. The number of carboxylic acids is 1. The topological polar surface area (TPSA) is 151 Å². The normalized spacial score (nSPS) is 12.4. The van der Waals surface area contributed by atoms with E-state index in [0.29, 0.717) is 24.0 Å². The van der Waals surface area contributed by atoms with E-state index < -0.39 is 35.8 Å². The van der Waals surface area contributed by atoms with Crippen LogP contribution in [-0.2, 0) is 19.2 Å². The van der Waals surface area contributed by atoms with E-state index in [2.05, 4.69) is 29.1 Å². The average Bonchev–Trinajstić information content (AvgIpc) is 2.60. The van der Waals surface area contributed by atoms with Gasteiger partial charge in [0.05, 0.1) is 0 Å². The number of nitrogens with one attached hydrogen (secondary N) is 3. The Morgan fingerprint density at radius 3 is 1.80 bits per heavy atom.